The van der Waals surface area contributed by atoms with Gasteiger partial charge in [0, 0.05) is 25.1 Å². The molecular formula is C18H18N4O8. The molecule has 12 nitrogen and oxygen atoms in total. The van der Waals surface area contributed by atoms with E-state index in [-0.39, 0.29) is 49.0 Å². The number of fused-ring (bicyclic) bond motifs is 1. The van der Waals surface area contributed by atoms with Gasteiger partial charge in [0.05, 0.1) is 16.1 Å². The first-order valence-corrected chi connectivity index (χ1v) is 9.16. The second-order valence-electron chi connectivity index (χ2n) is 7.03. The van der Waals surface area contributed by atoms with Crippen LogP contribution in [0.3, 0.4) is 0 Å². The van der Waals surface area contributed by atoms with E-state index >= 15 is 0 Å². The monoisotopic (exact) mass is 418 g/mol. The number of carboxylic acid groups (broad SMARTS) is 1. The van der Waals surface area contributed by atoms with Crippen molar-refractivity contribution in [2.45, 2.75) is 37.6 Å². The van der Waals surface area contributed by atoms with Crippen molar-refractivity contribution in [3.63, 3.8) is 0 Å². The molecule has 0 aromatic heterocycles. The van der Waals surface area contributed by atoms with Crippen LogP contribution in [0.15, 0.2) is 18.2 Å². The number of imide groups is 2. The van der Waals surface area contributed by atoms with E-state index in [1.807, 2.05) is 0 Å². The molecule has 2 aliphatic rings. The standard InChI is InChI=1S/C18H18N4O8/c23-13-5-7-18(16(26)20-13,6-1-2-8-19-17(27)28)21-14(24)11-4-3-10(22(29)30)9-12(11)15(21)25/h3-4,9,19H,1-2,5-8H2,(H,27,28)(H,20,23,26). The Morgan fingerprint density at radius 2 is 1.90 bits per heavy atom. The maximum atomic E-state index is 13.0. The van der Waals surface area contributed by atoms with Crippen LogP contribution >= 0.6 is 0 Å². The van der Waals surface area contributed by atoms with E-state index in [9.17, 15) is 34.1 Å². The molecule has 30 heavy (non-hydrogen) atoms. The van der Waals surface area contributed by atoms with E-state index in [0.29, 0.717) is 6.42 Å². The summed E-state index contributed by atoms with van der Waals surface area (Å²) in [7, 11) is 0. The lowest BCUT2D eigenvalue weighted by Gasteiger charge is -2.41. The van der Waals surface area contributed by atoms with Crippen molar-refractivity contribution in [3.8, 4) is 0 Å². The van der Waals surface area contributed by atoms with Gasteiger partial charge < -0.3 is 10.4 Å². The zero-order valence-corrected chi connectivity index (χ0v) is 15.7. The van der Waals surface area contributed by atoms with Gasteiger partial charge in [-0.25, -0.2) is 4.79 Å². The lowest BCUT2D eigenvalue weighted by Crippen LogP contribution is -2.64. The summed E-state index contributed by atoms with van der Waals surface area (Å²) >= 11 is 0. The highest BCUT2D eigenvalue weighted by Gasteiger charge is 2.55. The molecule has 2 heterocycles. The van der Waals surface area contributed by atoms with E-state index in [2.05, 4.69) is 10.6 Å². The van der Waals surface area contributed by atoms with E-state index in [0.717, 1.165) is 17.0 Å². The Labute approximate surface area is 169 Å². The Morgan fingerprint density at radius 3 is 2.53 bits per heavy atom. The summed E-state index contributed by atoms with van der Waals surface area (Å²) in [4.78, 5) is 72.1. The van der Waals surface area contributed by atoms with Crippen molar-refractivity contribution in [1.29, 1.82) is 0 Å². The summed E-state index contributed by atoms with van der Waals surface area (Å²) in [5, 5.41) is 24.0. The van der Waals surface area contributed by atoms with Crippen LogP contribution in [0.1, 0.15) is 52.8 Å². The number of piperidine rings is 1. The minimum absolute atomic E-state index is 0.0149. The summed E-state index contributed by atoms with van der Waals surface area (Å²) in [6.07, 6.45) is -0.738. The van der Waals surface area contributed by atoms with Crippen LogP contribution in [0, 0.1) is 10.1 Å². The van der Waals surface area contributed by atoms with Crippen LogP contribution in [0.4, 0.5) is 10.5 Å². The lowest BCUT2D eigenvalue weighted by atomic mass is 9.82. The first-order valence-electron chi connectivity index (χ1n) is 9.16. The highest BCUT2D eigenvalue weighted by molar-refractivity contribution is 6.24. The van der Waals surface area contributed by atoms with Gasteiger partial charge >= 0.3 is 6.09 Å². The Bertz CT molecular complexity index is 975. The molecule has 0 aliphatic carbocycles. The van der Waals surface area contributed by atoms with Crippen molar-refractivity contribution in [2.24, 2.45) is 0 Å². The highest BCUT2D eigenvalue weighted by Crippen LogP contribution is 2.38. The van der Waals surface area contributed by atoms with Crippen molar-refractivity contribution < 1.29 is 34.0 Å². The van der Waals surface area contributed by atoms with Gasteiger partial charge in [0.25, 0.3) is 23.4 Å². The van der Waals surface area contributed by atoms with Gasteiger partial charge in [0.2, 0.25) is 5.91 Å². The third-order valence-electron chi connectivity index (χ3n) is 5.24. The average Bonchev–Trinajstić information content (AvgIpc) is 2.94. The van der Waals surface area contributed by atoms with Gasteiger partial charge in [-0.15, -0.1) is 0 Å². The summed E-state index contributed by atoms with van der Waals surface area (Å²) in [5.41, 5.74) is -2.24. The van der Waals surface area contributed by atoms with Gasteiger partial charge in [0.1, 0.15) is 5.54 Å². The average molecular weight is 418 g/mol. The molecule has 5 amide bonds. The molecule has 2 aliphatic heterocycles. The molecule has 158 valence electrons. The number of benzene rings is 1. The molecule has 3 rings (SSSR count). The number of nitrogens with one attached hydrogen (secondary N) is 2. The van der Waals surface area contributed by atoms with Crippen LogP contribution in [-0.2, 0) is 9.59 Å². The van der Waals surface area contributed by atoms with E-state index in [1.165, 1.54) is 6.07 Å². The fraction of sp³-hybridized carbons (Fsp3) is 0.389. The SMILES string of the molecule is O=C(O)NCCCCC1(N2C(=O)c3ccc([N+](=O)[O-])cc3C2=O)CCC(=O)NC1=O. The second kappa shape index (κ2) is 7.89. The molecule has 1 aromatic rings. The smallest absolute Gasteiger partial charge is 0.404 e. The Morgan fingerprint density at radius 1 is 1.20 bits per heavy atom. The number of rotatable bonds is 7. The number of nitro benzene ring substituents is 1. The van der Waals surface area contributed by atoms with Crippen molar-refractivity contribution in [3.05, 3.63) is 39.4 Å². The highest BCUT2D eigenvalue weighted by atomic mass is 16.6. The molecule has 1 unspecified atom stereocenters. The third kappa shape index (κ3) is 3.58. The number of nitro groups is 1. The number of amides is 5. The Kier molecular flexibility index (Phi) is 5.49. The van der Waals surface area contributed by atoms with Gasteiger partial charge in [-0.05, 0) is 31.7 Å². The molecule has 0 spiro atoms. The third-order valence-corrected chi connectivity index (χ3v) is 5.24. The zero-order valence-electron chi connectivity index (χ0n) is 15.7. The summed E-state index contributed by atoms with van der Waals surface area (Å²) in [5.74, 6) is -2.94. The molecule has 3 N–H and O–H groups in total. The fourth-order valence-electron chi connectivity index (χ4n) is 3.77. The molecule has 0 saturated carbocycles. The van der Waals surface area contributed by atoms with Gasteiger partial charge in [-0.1, -0.05) is 0 Å². The Hall–Kier alpha value is -3.83. The molecule has 1 atom stereocenters. The van der Waals surface area contributed by atoms with Crippen molar-refractivity contribution in [2.75, 3.05) is 6.54 Å². The number of hydrogen-bond acceptors (Lipinski definition) is 7. The summed E-state index contributed by atoms with van der Waals surface area (Å²) in [6, 6.07) is 3.26. The van der Waals surface area contributed by atoms with E-state index in [4.69, 9.17) is 5.11 Å². The van der Waals surface area contributed by atoms with Crippen LogP contribution in [-0.4, -0.2) is 56.7 Å². The largest absolute Gasteiger partial charge is 0.465 e. The number of nitrogens with zero attached hydrogens (tertiary/aromatic N) is 2. The molecular weight excluding hydrogens is 400 g/mol. The van der Waals surface area contributed by atoms with Gasteiger partial charge in [-0.2, -0.15) is 0 Å². The number of non-ortho nitro benzene ring substituents is 1. The van der Waals surface area contributed by atoms with Gasteiger partial charge in [0.15, 0.2) is 0 Å². The number of hydrogen-bond donors (Lipinski definition) is 3. The molecule has 1 saturated heterocycles. The van der Waals surface area contributed by atoms with Crippen LogP contribution in [0.25, 0.3) is 0 Å². The molecule has 0 bridgehead atoms. The molecule has 12 heteroatoms. The van der Waals surface area contributed by atoms with Crippen LogP contribution < -0.4 is 10.6 Å². The topological polar surface area (TPSA) is 176 Å². The fourth-order valence-corrected chi connectivity index (χ4v) is 3.77. The molecule has 1 fully saturated rings. The minimum atomic E-state index is -1.64. The molecule has 0 radical (unpaired) electrons. The second-order valence-corrected chi connectivity index (χ2v) is 7.03. The zero-order chi connectivity index (χ0) is 22.1. The van der Waals surface area contributed by atoms with Crippen LogP contribution in [0.2, 0.25) is 0 Å². The first-order chi connectivity index (χ1) is 14.2. The predicted octanol–water partition coefficient (Wildman–Crippen LogP) is 0.804. The number of carbonyl (C=O) groups excluding carboxylic acids is 4. The maximum absolute atomic E-state index is 13.0. The van der Waals surface area contributed by atoms with E-state index < -0.39 is 40.2 Å². The summed E-state index contributed by atoms with van der Waals surface area (Å²) in [6.45, 7) is 0.111. The van der Waals surface area contributed by atoms with E-state index in [1.54, 1.807) is 0 Å². The van der Waals surface area contributed by atoms with Crippen molar-refractivity contribution in [1.82, 2.24) is 15.5 Å². The normalized spacial score (nSPS) is 20.7. The number of unbranched alkanes of at least 4 members (excludes halogenated alkanes) is 1. The quantitative estimate of drug-likeness (QED) is 0.252. The summed E-state index contributed by atoms with van der Waals surface area (Å²) < 4.78 is 0. The van der Waals surface area contributed by atoms with Crippen LogP contribution in [0.5, 0.6) is 0 Å². The first kappa shape index (κ1) is 20.9. The van der Waals surface area contributed by atoms with Crippen molar-refractivity contribution >= 4 is 35.4 Å². The lowest BCUT2D eigenvalue weighted by molar-refractivity contribution is -0.384. The predicted molar refractivity (Wildman–Crippen MR) is 98.6 cm³/mol. The molecule has 1 aromatic carbocycles. The maximum Gasteiger partial charge on any atom is 0.404 e. The van der Waals surface area contributed by atoms with Gasteiger partial charge in [-0.3, -0.25) is 39.5 Å². The number of carbonyl (C=O) groups is 5. The Balaban J connectivity index is 1.91. The minimum Gasteiger partial charge on any atom is -0.465 e.